The van der Waals surface area contributed by atoms with Crippen LogP contribution in [0.1, 0.15) is 15.9 Å². The number of halogens is 2. The van der Waals surface area contributed by atoms with Crippen molar-refractivity contribution in [3.63, 3.8) is 0 Å². The zero-order valence-electron chi connectivity index (χ0n) is 16.2. The standard InChI is InChI=1S/C22H17ClFN5O/c1-12-6-7-15(28-21(30)16-4-3-5-18(24)19(16)23)9-17(12)13-8-14-11-27-22(25-2)29-20(14)26-10-13/h3-11H,1-2H3,(H,28,30)(H,25,26,27,29). The van der Waals surface area contributed by atoms with Crippen LogP contribution in [0.15, 0.2) is 54.9 Å². The summed E-state index contributed by atoms with van der Waals surface area (Å²) < 4.78 is 13.7. The molecule has 0 aliphatic carbocycles. The number of pyridine rings is 1. The number of amides is 1. The average Bonchev–Trinajstić information content (AvgIpc) is 2.76. The van der Waals surface area contributed by atoms with Crippen LogP contribution in [-0.2, 0) is 0 Å². The Morgan fingerprint density at radius 3 is 2.73 bits per heavy atom. The highest BCUT2D eigenvalue weighted by Gasteiger charge is 2.14. The van der Waals surface area contributed by atoms with Gasteiger partial charge >= 0.3 is 0 Å². The van der Waals surface area contributed by atoms with Gasteiger partial charge in [0.15, 0.2) is 5.65 Å². The minimum Gasteiger partial charge on any atom is -0.357 e. The van der Waals surface area contributed by atoms with Crippen LogP contribution in [0.3, 0.4) is 0 Å². The van der Waals surface area contributed by atoms with Gasteiger partial charge in [-0.15, -0.1) is 0 Å². The van der Waals surface area contributed by atoms with E-state index in [1.54, 1.807) is 25.5 Å². The van der Waals surface area contributed by atoms with Crippen molar-refractivity contribution in [2.24, 2.45) is 0 Å². The number of nitrogens with one attached hydrogen (secondary N) is 2. The summed E-state index contributed by atoms with van der Waals surface area (Å²) in [5.74, 6) is -0.626. The maximum absolute atomic E-state index is 13.7. The predicted octanol–water partition coefficient (Wildman–Crippen LogP) is 5.09. The first-order valence-electron chi connectivity index (χ1n) is 9.13. The zero-order valence-corrected chi connectivity index (χ0v) is 17.0. The third kappa shape index (κ3) is 3.79. The third-order valence-electron chi connectivity index (χ3n) is 4.66. The molecule has 0 spiro atoms. The van der Waals surface area contributed by atoms with E-state index >= 15 is 0 Å². The maximum atomic E-state index is 13.7. The number of fused-ring (bicyclic) bond motifs is 1. The number of aryl methyl sites for hydroxylation is 1. The summed E-state index contributed by atoms with van der Waals surface area (Å²) in [6, 6.07) is 11.6. The van der Waals surface area contributed by atoms with E-state index < -0.39 is 11.7 Å². The van der Waals surface area contributed by atoms with E-state index in [-0.39, 0.29) is 10.6 Å². The van der Waals surface area contributed by atoms with Gasteiger partial charge < -0.3 is 10.6 Å². The van der Waals surface area contributed by atoms with Crippen LogP contribution in [0.4, 0.5) is 16.0 Å². The van der Waals surface area contributed by atoms with Gasteiger partial charge in [0.25, 0.3) is 5.91 Å². The summed E-state index contributed by atoms with van der Waals surface area (Å²) in [5, 5.41) is 6.25. The second kappa shape index (κ2) is 8.04. The quantitative estimate of drug-likeness (QED) is 0.480. The number of nitrogens with zero attached hydrogens (tertiary/aromatic N) is 3. The van der Waals surface area contributed by atoms with Crippen molar-refractivity contribution in [2.75, 3.05) is 17.7 Å². The first-order valence-corrected chi connectivity index (χ1v) is 9.51. The van der Waals surface area contributed by atoms with Crippen LogP contribution >= 0.6 is 11.6 Å². The van der Waals surface area contributed by atoms with E-state index in [1.807, 2.05) is 25.1 Å². The lowest BCUT2D eigenvalue weighted by Gasteiger charge is -2.12. The molecule has 2 aromatic heterocycles. The Bertz CT molecular complexity index is 1280. The minimum atomic E-state index is -0.639. The molecule has 0 bridgehead atoms. The Labute approximate surface area is 177 Å². The van der Waals surface area contributed by atoms with Gasteiger partial charge in [0, 0.05) is 36.1 Å². The Morgan fingerprint density at radius 2 is 1.93 bits per heavy atom. The number of aromatic nitrogens is 3. The van der Waals surface area contributed by atoms with E-state index in [1.165, 1.54) is 18.2 Å². The van der Waals surface area contributed by atoms with Gasteiger partial charge in [-0.2, -0.15) is 4.98 Å². The Hall–Kier alpha value is -3.58. The van der Waals surface area contributed by atoms with Crippen molar-refractivity contribution in [1.82, 2.24) is 15.0 Å². The number of hydrogen-bond acceptors (Lipinski definition) is 5. The molecule has 2 N–H and O–H groups in total. The molecule has 6 nitrogen and oxygen atoms in total. The van der Waals surface area contributed by atoms with Crippen LogP contribution in [0.25, 0.3) is 22.2 Å². The van der Waals surface area contributed by atoms with Crippen LogP contribution in [0.5, 0.6) is 0 Å². The number of carbonyl (C=O) groups excluding carboxylic acids is 1. The van der Waals surface area contributed by atoms with Gasteiger partial charge in [-0.1, -0.05) is 23.7 Å². The predicted molar refractivity (Wildman–Crippen MR) is 116 cm³/mol. The van der Waals surface area contributed by atoms with Crippen molar-refractivity contribution in [3.05, 3.63) is 76.8 Å². The van der Waals surface area contributed by atoms with E-state index in [0.29, 0.717) is 17.3 Å². The summed E-state index contributed by atoms with van der Waals surface area (Å²) >= 11 is 5.92. The molecule has 2 aromatic carbocycles. The summed E-state index contributed by atoms with van der Waals surface area (Å²) in [6.45, 7) is 1.97. The smallest absolute Gasteiger partial charge is 0.257 e. The lowest BCUT2D eigenvalue weighted by Crippen LogP contribution is -2.13. The summed E-state index contributed by atoms with van der Waals surface area (Å²) in [6.07, 6.45) is 3.43. The molecule has 0 aliphatic heterocycles. The van der Waals surface area contributed by atoms with Gasteiger partial charge in [-0.05, 0) is 48.4 Å². The highest BCUT2D eigenvalue weighted by Crippen LogP contribution is 2.29. The van der Waals surface area contributed by atoms with Gasteiger partial charge in [0.05, 0.1) is 10.6 Å². The fourth-order valence-corrected chi connectivity index (χ4v) is 3.29. The van der Waals surface area contributed by atoms with Crippen LogP contribution in [-0.4, -0.2) is 27.9 Å². The molecule has 150 valence electrons. The van der Waals surface area contributed by atoms with Gasteiger partial charge in [0.2, 0.25) is 5.95 Å². The molecule has 0 aliphatic rings. The van der Waals surface area contributed by atoms with Crippen molar-refractivity contribution < 1.29 is 9.18 Å². The number of carbonyl (C=O) groups is 1. The number of anilines is 2. The Balaban J connectivity index is 1.67. The molecule has 0 saturated heterocycles. The zero-order chi connectivity index (χ0) is 21.3. The molecular formula is C22H17ClFN5O. The van der Waals surface area contributed by atoms with Gasteiger partial charge in [-0.25, -0.2) is 14.4 Å². The fraction of sp³-hybridized carbons (Fsp3) is 0.0909. The van der Waals surface area contributed by atoms with Gasteiger partial charge in [0.1, 0.15) is 5.82 Å². The van der Waals surface area contributed by atoms with Crippen LogP contribution < -0.4 is 10.6 Å². The minimum absolute atomic E-state index is 0.0728. The molecular weight excluding hydrogens is 405 g/mol. The summed E-state index contributed by atoms with van der Waals surface area (Å²) in [5.41, 5.74) is 3.98. The molecule has 30 heavy (non-hydrogen) atoms. The van der Waals surface area contributed by atoms with Gasteiger partial charge in [-0.3, -0.25) is 4.79 Å². The monoisotopic (exact) mass is 421 g/mol. The Morgan fingerprint density at radius 1 is 1.10 bits per heavy atom. The SMILES string of the molecule is CNc1ncc2cc(-c3cc(NC(=O)c4cccc(F)c4Cl)ccc3C)cnc2n1. The van der Waals surface area contributed by atoms with Crippen LogP contribution in [0, 0.1) is 12.7 Å². The second-order valence-electron chi connectivity index (χ2n) is 6.67. The molecule has 0 unspecified atom stereocenters. The molecule has 4 rings (SSSR count). The molecule has 8 heteroatoms. The highest BCUT2D eigenvalue weighted by atomic mass is 35.5. The molecule has 1 amide bonds. The normalized spacial score (nSPS) is 10.8. The van der Waals surface area contributed by atoms with Crippen molar-refractivity contribution in [1.29, 1.82) is 0 Å². The van der Waals surface area contributed by atoms with Crippen molar-refractivity contribution >= 4 is 40.2 Å². The molecule has 4 aromatic rings. The second-order valence-corrected chi connectivity index (χ2v) is 7.04. The first-order chi connectivity index (χ1) is 14.5. The highest BCUT2D eigenvalue weighted by molar-refractivity contribution is 6.34. The lowest BCUT2D eigenvalue weighted by molar-refractivity contribution is 0.102. The van der Waals surface area contributed by atoms with E-state index in [4.69, 9.17) is 11.6 Å². The largest absolute Gasteiger partial charge is 0.357 e. The average molecular weight is 422 g/mol. The maximum Gasteiger partial charge on any atom is 0.257 e. The third-order valence-corrected chi connectivity index (χ3v) is 5.04. The number of hydrogen-bond donors (Lipinski definition) is 2. The topological polar surface area (TPSA) is 79.8 Å². The van der Waals surface area contributed by atoms with Crippen molar-refractivity contribution in [2.45, 2.75) is 6.92 Å². The number of benzene rings is 2. The number of rotatable bonds is 4. The van der Waals surface area contributed by atoms with E-state index in [2.05, 4.69) is 25.6 Å². The van der Waals surface area contributed by atoms with E-state index in [9.17, 15) is 9.18 Å². The summed E-state index contributed by atoms with van der Waals surface area (Å²) in [4.78, 5) is 25.5. The van der Waals surface area contributed by atoms with Crippen molar-refractivity contribution in [3.8, 4) is 11.1 Å². The molecule has 2 heterocycles. The molecule has 0 radical (unpaired) electrons. The Kier molecular flexibility index (Phi) is 5.29. The molecule has 0 fully saturated rings. The fourth-order valence-electron chi connectivity index (χ4n) is 3.08. The molecule has 0 atom stereocenters. The lowest BCUT2D eigenvalue weighted by atomic mass is 10.0. The summed E-state index contributed by atoms with van der Waals surface area (Å²) in [7, 11) is 1.75. The molecule has 0 saturated carbocycles. The van der Waals surface area contributed by atoms with E-state index in [0.717, 1.165) is 22.1 Å². The van der Waals surface area contributed by atoms with Crippen LogP contribution in [0.2, 0.25) is 5.02 Å². The first kappa shape index (κ1) is 19.7.